The molecule has 20 heavy (non-hydrogen) atoms. The molecule has 1 aromatic rings. The van der Waals surface area contributed by atoms with Crippen LogP contribution in [0.3, 0.4) is 0 Å². The highest BCUT2D eigenvalue weighted by atomic mass is 79.9. The first kappa shape index (κ1) is 16.0. The van der Waals surface area contributed by atoms with Crippen molar-refractivity contribution in [2.45, 2.75) is 37.3 Å². The predicted molar refractivity (Wildman–Crippen MR) is 75.7 cm³/mol. The van der Waals surface area contributed by atoms with Gasteiger partial charge >= 0.3 is 0 Å². The Bertz CT molecular complexity index is 550. The van der Waals surface area contributed by atoms with Gasteiger partial charge in [0.1, 0.15) is 17.3 Å². The smallest absolute Gasteiger partial charge is 0.245 e. The molecule has 2 heterocycles. The number of nitrogens with one attached hydrogen (secondary N) is 1. The number of aliphatic hydroxyl groups is 1. The van der Waals surface area contributed by atoms with Crippen LogP contribution in [-0.2, 0) is 21.4 Å². The molecule has 2 N–H and O–H groups in total. The van der Waals surface area contributed by atoms with Crippen LogP contribution in [0.1, 0.15) is 25.5 Å². The molecule has 0 spiro atoms. The van der Waals surface area contributed by atoms with Crippen molar-refractivity contribution in [3.8, 4) is 0 Å². The molecule has 114 valence electrons. The number of halogens is 1. The lowest BCUT2D eigenvalue weighted by atomic mass is 9.94. The summed E-state index contributed by atoms with van der Waals surface area (Å²) in [5.41, 5.74) is 0. The van der Waals surface area contributed by atoms with Gasteiger partial charge in [0.2, 0.25) is 10.0 Å². The summed E-state index contributed by atoms with van der Waals surface area (Å²) in [5.74, 6) is 0.470. The Labute approximate surface area is 126 Å². The van der Waals surface area contributed by atoms with Crippen LogP contribution in [0.15, 0.2) is 20.0 Å². The van der Waals surface area contributed by atoms with Gasteiger partial charge in [-0.3, -0.25) is 0 Å². The fourth-order valence-corrected chi connectivity index (χ4v) is 4.59. The second kappa shape index (κ2) is 6.57. The van der Waals surface area contributed by atoms with E-state index in [1.807, 2.05) is 6.92 Å². The molecule has 0 radical (unpaired) electrons. The van der Waals surface area contributed by atoms with E-state index < -0.39 is 10.0 Å². The zero-order valence-corrected chi connectivity index (χ0v) is 13.5. The first-order chi connectivity index (χ1) is 9.44. The number of ether oxygens (including phenoxy) is 1. The van der Waals surface area contributed by atoms with Crippen LogP contribution >= 0.6 is 15.9 Å². The molecule has 0 bridgehead atoms. The highest BCUT2D eigenvalue weighted by molar-refractivity contribution is 9.10. The largest absolute Gasteiger partial charge is 0.450 e. The number of hydrogen-bond acceptors (Lipinski definition) is 5. The van der Waals surface area contributed by atoms with Crippen molar-refractivity contribution in [2.75, 3.05) is 13.2 Å². The maximum absolute atomic E-state index is 12.3. The highest BCUT2D eigenvalue weighted by Gasteiger charge is 2.28. The summed E-state index contributed by atoms with van der Waals surface area (Å²) in [7, 11) is -3.67. The van der Waals surface area contributed by atoms with Gasteiger partial charge in [-0.1, -0.05) is 0 Å². The Morgan fingerprint density at radius 3 is 2.70 bits per heavy atom. The van der Waals surface area contributed by atoms with Gasteiger partial charge < -0.3 is 14.3 Å². The lowest BCUT2D eigenvalue weighted by Crippen LogP contribution is -2.40. The Morgan fingerprint density at radius 2 is 2.15 bits per heavy atom. The Kier molecular flexibility index (Phi) is 5.25. The van der Waals surface area contributed by atoms with E-state index in [1.165, 1.54) is 6.07 Å². The van der Waals surface area contributed by atoms with E-state index in [0.29, 0.717) is 13.2 Å². The van der Waals surface area contributed by atoms with Crippen molar-refractivity contribution < 1.29 is 22.7 Å². The van der Waals surface area contributed by atoms with Crippen LogP contribution in [0.5, 0.6) is 0 Å². The molecule has 0 aromatic carbocycles. The van der Waals surface area contributed by atoms with E-state index in [4.69, 9.17) is 14.3 Å². The summed E-state index contributed by atoms with van der Waals surface area (Å²) in [6.45, 7) is 2.85. The molecule has 8 heteroatoms. The van der Waals surface area contributed by atoms with Crippen LogP contribution in [0.2, 0.25) is 0 Å². The molecule has 1 unspecified atom stereocenters. The molecule has 0 saturated carbocycles. The average Bonchev–Trinajstić information content (AvgIpc) is 2.81. The van der Waals surface area contributed by atoms with Crippen molar-refractivity contribution in [2.24, 2.45) is 5.92 Å². The molecule has 1 aliphatic heterocycles. The number of hydrogen-bond donors (Lipinski definition) is 2. The molecule has 2 rings (SSSR count). The molecule has 0 amide bonds. The van der Waals surface area contributed by atoms with Crippen molar-refractivity contribution in [3.63, 3.8) is 0 Å². The van der Waals surface area contributed by atoms with Crippen LogP contribution < -0.4 is 4.72 Å². The normalized spacial score (nSPS) is 19.1. The third kappa shape index (κ3) is 3.62. The number of furan rings is 1. The van der Waals surface area contributed by atoms with Gasteiger partial charge in [0, 0.05) is 25.3 Å². The summed E-state index contributed by atoms with van der Waals surface area (Å²) in [6.07, 6.45) is 1.69. The van der Waals surface area contributed by atoms with Crippen molar-refractivity contribution in [3.05, 3.63) is 16.5 Å². The molecule has 1 atom stereocenters. The minimum Gasteiger partial charge on any atom is -0.450 e. The van der Waals surface area contributed by atoms with Gasteiger partial charge in [-0.15, -0.1) is 0 Å². The average molecular weight is 368 g/mol. The summed E-state index contributed by atoms with van der Waals surface area (Å²) >= 11 is 3.06. The Balaban J connectivity index is 2.11. The molecule has 0 aliphatic carbocycles. The number of aliphatic hydroxyl groups excluding tert-OH is 1. The summed E-state index contributed by atoms with van der Waals surface area (Å²) < 4.78 is 37.8. The van der Waals surface area contributed by atoms with Gasteiger partial charge in [-0.2, -0.15) is 0 Å². The van der Waals surface area contributed by atoms with Gasteiger partial charge in [-0.05, 0) is 41.6 Å². The van der Waals surface area contributed by atoms with Crippen LogP contribution in [-0.4, -0.2) is 32.8 Å². The minimum atomic E-state index is -3.67. The molecular formula is C12H18BrNO5S. The maximum atomic E-state index is 12.3. The van der Waals surface area contributed by atoms with E-state index in [0.717, 1.165) is 12.8 Å². The molecule has 1 aromatic heterocycles. The second-order valence-corrected chi connectivity index (χ2v) is 7.27. The second-order valence-electron chi connectivity index (χ2n) is 4.87. The standard InChI is InChI=1S/C12H18BrNO5S/c1-8(9-2-4-18-5-3-9)14-20(16,17)11-6-10(7-15)19-12(11)13/h6,8-9,14-15H,2-5,7H2,1H3. The minimum absolute atomic E-state index is 0.0143. The molecule has 6 nitrogen and oxygen atoms in total. The topological polar surface area (TPSA) is 88.8 Å². The SMILES string of the molecule is CC(NS(=O)(=O)c1cc(CO)oc1Br)C1CCOCC1. The van der Waals surface area contributed by atoms with E-state index in [9.17, 15) is 8.42 Å². The first-order valence-corrected chi connectivity index (χ1v) is 8.71. The van der Waals surface area contributed by atoms with E-state index >= 15 is 0 Å². The third-order valence-corrected chi connectivity index (χ3v) is 5.88. The Hall–Kier alpha value is -0.410. The van der Waals surface area contributed by atoms with E-state index in [-0.39, 0.29) is 33.9 Å². The van der Waals surface area contributed by atoms with Crippen molar-refractivity contribution >= 4 is 26.0 Å². The van der Waals surface area contributed by atoms with Gasteiger partial charge in [0.15, 0.2) is 4.67 Å². The lowest BCUT2D eigenvalue weighted by Gasteiger charge is -2.28. The number of rotatable bonds is 5. The summed E-state index contributed by atoms with van der Waals surface area (Å²) in [5, 5.41) is 8.98. The van der Waals surface area contributed by atoms with Crippen molar-refractivity contribution in [1.82, 2.24) is 4.72 Å². The fraction of sp³-hybridized carbons (Fsp3) is 0.667. The van der Waals surface area contributed by atoms with Crippen molar-refractivity contribution in [1.29, 1.82) is 0 Å². The monoisotopic (exact) mass is 367 g/mol. The third-order valence-electron chi connectivity index (χ3n) is 3.47. The van der Waals surface area contributed by atoms with E-state index in [2.05, 4.69) is 20.7 Å². The van der Waals surface area contributed by atoms with E-state index in [1.54, 1.807) is 0 Å². The summed E-state index contributed by atoms with van der Waals surface area (Å²) in [4.78, 5) is 0.0143. The molecule has 1 fully saturated rings. The molecule has 1 saturated heterocycles. The Morgan fingerprint density at radius 1 is 1.50 bits per heavy atom. The maximum Gasteiger partial charge on any atom is 0.245 e. The quantitative estimate of drug-likeness (QED) is 0.825. The van der Waals surface area contributed by atoms with Gasteiger partial charge in [0.05, 0.1) is 0 Å². The molecular weight excluding hydrogens is 350 g/mol. The lowest BCUT2D eigenvalue weighted by molar-refractivity contribution is 0.0585. The first-order valence-electron chi connectivity index (χ1n) is 6.43. The van der Waals surface area contributed by atoms with Crippen LogP contribution in [0.25, 0.3) is 0 Å². The van der Waals surface area contributed by atoms with Gasteiger partial charge in [-0.25, -0.2) is 13.1 Å². The number of sulfonamides is 1. The highest BCUT2D eigenvalue weighted by Crippen LogP contribution is 2.27. The van der Waals surface area contributed by atoms with Gasteiger partial charge in [0.25, 0.3) is 0 Å². The predicted octanol–water partition coefficient (Wildman–Crippen LogP) is 1.63. The zero-order valence-electron chi connectivity index (χ0n) is 11.1. The summed E-state index contributed by atoms with van der Waals surface area (Å²) in [6, 6.07) is 1.15. The zero-order chi connectivity index (χ0) is 14.8. The molecule has 1 aliphatic rings. The van der Waals surface area contributed by atoms with Crippen LogP contribution in [0.4, 0.5) is 0 Å². The fourth-order valence-electron chi connectivity index (χ4n) is 2.28. The van der Waals surface area contributed by atoms with Crippen LogP contribution in [0, 0.1) is 5.92 Å².